The molecule has 0 bridgehead atoms. The van der Waals surface area contributed by atoms with Crippen molar-refractivity contribution in [3.05, 3.63) is 307 Å². The van der Waals surface area contributed by atoms with Crippen LogP contribution in [-0.4, -0.2) is 57.5 Å². The van der Waals surface area contributed by atoms with Crippen LogP contribution in [0.5, 0.6) is 40.2 Å². The zero-order valence-electron chi connectivity index (χ0n) is 55.8. The maximum absolute atomic E-state index is 13.7. The Morgan fingerprint density at radius 3 is 1.09 bits per heavy atom. The van der Waals surface area contributed by atoms with Crippen molar-refractivity contribution in [1.82, 2.24) is 13.7 Å². The number of aromatic nitrogens is 3. The van der Waals surface area contributed by atoms with Crippen LogP contribution < -0.4 is 52.5 Å². The number of halogens is 5. The Bertz CT molecular complexity index is 6360. The van der Waals surface area contributed by atoms with Crippen molar-refractivity contribution in [1.29, 1.82) is 0 Å². The molecule has 534 valence electrons. The van der Waals surface area contributed by atoms with Crippen molar-refractivity contribution < 1.29 is 60.7 Å². The lowest BCUT2D eigenvalue weighted by atomic mass is 10.1. The van der Waals surface area contributed by atoms with Crippen molar-refractivity contribution in [2.45, 2.75) is 49.0 Å². The van der Waals surface area contributed by atoms with Gasteiger partial charge in [-0.3, -0.25) is 14.4 Å². The number of rotatable bonds is 16. The molecule has 106 heavy (non-hydrogen) atoms. The summed E-state index contributed by atoms with van der Waals surface area (Å²) in [7, 11) is 5.97. The Labute approximate surface area is 619 Å². The maximum Gasteiger partial charge on any atom is 0.354 e. The summed E-state index contributed by atoms with van der Waals surface area (Å²) in [4.78, 5) is 81.3. The molecule has 9 aromatic carbocycles. The number of aromatic hydroxyl groups is 3. The van der Waals surface area contributed by atoms with Gasteiger partial charge in [0, 0.05) is 36.0 Å². The highest BCUT2D eigenvalue weighted by atomic mass is 35.5. The maximum atomic E-state index is 13.7. The fourth-order valence-corrected chi connectivity index (χ4v) is 14.8. The molecule has 0 aliphatic heterocycles. The smallest absolute Gasteiger partial charge is 0.354 e. The van der Waals surface area contributed by atoms with E-state index in [0.717, 1.165) is 35.3 Å². The van der Waals surface area contributed by atoms with Crippen molar-refractivity contribution >= 4 is 124 Å². The molecule has 6 aromatic heterocycles. The van der Waals surface area contributed by atoms with Crippen molar-refractivity contribution in [3.8, 4) is 40.2 Å². The lowest BCUT2D eigenvalue weighted by Crippen LogP contribution is -2.23. The number of methoxy groups -OCH3 is 4. The highest BCUT2D eigenvalue weighted by Crippen LogP contribution is 2.43. The number of hydrogen-bond donors (Lipinski definition) is 3. The first-order chi connectivity index (χ1) is 51.1. The minimum absolute atomic E-state index is 0.0396. The Morgan fingerprint density at radius 1 is 0.377 bits per heavy atom. The van der Waals surface area contributed by atoms with E-state index < -0.39 is 68.3 Å². The minimum Gasteiger partial charge on any atom is -0.505 e. The lowest BCUT2D eigenvalue weighted by molar-refractivity contribution is 0.404. The SMILES string of the molecule is COc1ccc2c(c1)c1oc(=O)c(Sc3ccc(Cl)cc3)c(O)c1c(=O)n2Cc1ccc(F)cc1.COc1ccc2c(c1)c1oc(=O)c(Sc3cccc(Cl)c3)c(O)c1c(=O)n2Cc1ccc(F)cc1.COc1ccc2c(c1)c1oc(=O)c(Sc3ccccc3OC)c(O)c1c(=O)n2Cc1ccc(F)cc1. The lowest BCUT2D eigenvalue weighted by Gasteiger charge is -2.15. The van der Waals surface area contributed by atoms with Gasteiger partial charge in [0.1, 0.15) is 71.3 Å². The Balaban J connectivity index is 0.000000141. The normalized spacial score (nSPS) is 11.3. The van der Waals surface area contributed by atoms with Gasteiger partial charge in [-0.25, -0.2) is 27.6 Å². The molecule has 0 radical (unpaired) electrons. The third-order valence-corrected chi connectivity index (χ3v) is 20.6. The molecule has 0 unspecified atom stereocenters. The fraction of sp³-hybridized carbons (Fsp3) is 0.0886. The Hall–Kier alpha value is -11.7. The zero-order valence-corrected chi connectivity index (χ0v) is 59.7. The summed E-state index contributed by atoms with van der Waals surface area (Å²) in [6.45, 7) is 0.314. The van der Waals surface area contributed by atoms with E-state index in [4.69, 9.17) is 55.4 Å². The number of nitrogens with zero attached hydrogens (tertiary/aromatic N) is 3. The third kappa shape index (κ3) is 14.7. The summed E-state index contributed by atoms with van der Waals surface area (Å²) in [5, 5.41) is 35.3. The van der Waals surface area contributed by atoms with Crippen molar-refractivity contribution in [2.75, 3.05) is 28.4 Å². The second-order valence-corrected chi connectivity index (χ2v) is 27.5. The van der Waals surface area contributed by atoms with E-state index in [1.54, 1.807) is 164 Å². The predicted molar refractivity (Wildman–Crippen MR) is 402 cm³/mol. The van der Waals surface area contributed by atoms with Crippen LogP contribution in [0.3, 0.4) is 0 Å². The molecule has 0 saturated carbocycles. The second-order valence-electron chi connectivity index (χ2n) is 23.4. The number of para-hydroxylation sites is 1. The molecule has 0 saturated heterocycles. The van der Waals surface area contributed by atoms with Gasteiger partial charge in [0.2, 0.25) is 0 Å². The summed E-state index contributed by atoms with van der Waals surface area (Å²) in [6.07, 6.45) is 0. The third-order valence-electron chi connectivity index (χ3n) is 16.9. The van der Waals surface area contributed by atoms with Gasteiger partial charge in [-0.1, -0.05) is 113 Å². The Kier molecular flexibility index (Phi) is 21.2. The molecule has 0 aliphatic carbocycles. The van der Waals surface area contributed by atoms with E-state index in [1.807, 2.05) is 0 Å². The number of hydrogen-bond acceptors (Lipinski definition) is 19. The van der Waals surface area contributed by atoms with Crippen molar-refractivity contribution in [2.24, 2.45) is 0 Å². The standard InChI is InChI=1S/C27H20FNO6S.2C26H17ClFNO5S/c1-33-17-11-12-19-18(13-17)24-22(26(31)29(19)14-15-7-9-16(28)10-8-15)23(30)25(27(32)35-24)36-21-6-4-3-5-20(21)34-2;1-33-17-8-11-20-19(12-17)23-21(25(31)29(20)13-14-2-6-16(28)7-3-14)22(30)24(26(32)34-23)35-18-9-4-15(27)5-10-18;1-33-17-9-10-20-19(12-17)23-21(25(31)29(20)13-14-5-7-16(28)8-6-14)22(30)24(26(32)34-23)35-18-4-2-3-15(27)11-18/h3-13,30H,14H2,1-2H3;2*2-12,30H,13H2,1H3. The van der Waals surface area contributed by atoms with Gasteiger partial charge in [0.15, 0.2) is 34.0 Å². The predicted octanol–water partition coefficient (Wildman–Crippen LogP) is 16.8. The molecule has 0 spiro atoms. The highest BCUT2D eigenvalue weighted by Gasteiger charge is 2.28. The molecule has 27 heteroatoms. The van der Waals surface area contributed by atoms with Crippen molar-refractivity contribution in [3.63, 3.8) is 0 Å². The van der Waals surface area contributed by atoms with Gasteiger partial charge >= 0.3 is 16.9 Å². The monoisotopic (exact) mass is 1520 g/mol. The average Bonchev–Trinajstić information content (AvgIpc) is 0.746. The van der Waals surface area contributed by atoms with E-state index >= 15 is 0 Å². The minimum atomic E-state index is -0.796. The summed E-state index contributed by atoms with van der Waals surface area (Å²) < 4.78 is 82.8. The first kappa shape index (κ1) is 72.6. The molecule has 0 fully saturated rings. The molecular formula is C79H54Cl2F3N3O16S3. The molecule has 19 nitrogen and oxygen atoms in total. The summed E-state index contributed by atoms with van der Waals surface area (Å²) in [5.41, 5.74) is -0.749. The summed E-state index contributed by atoms with van der Waals surface area (Å²) in [5.74, 6) is -0.686. The number of fused-ring (bicyclic) bond motifs is 9. The van der Waals surface area contributed by atoms with E-state index in [0.29, 0.717) is 97.1 Å². The molecular weight excluding hydrogens is 1470 g/mol. The largest absolute Gasteiger partial charge is 0.505 e. The average molecular weight is 1530 g/mol. The van der Waals surface area contributed by atoms with Crippen LogP contribution in [0.15, 0.2) is 272 Å². The molecule has 0 aliphatic rings. The van der Waals surface area contributed by atoms with Crippen LogP contribution in [0.2, 0.25) is 10.0 Å². The van der Waals surface area contributed by atoms with Crippen LogP contribution in [0.4, 0.5) is 13.2 Å². The fourth-order valence-electron chi connectivity index (χ4n) is 11.7. The topological polar surface area (TPSA) is 254 Å². The molecule has 15 rings (SSSR count). The van der Waals surface area contributed by atoms with Gasteiger partial charge in [-0.15, -0.1) is 0 Å². The van der Waals surface area contributed by atoms with E-state index in [1.165, 1.54) is 78.5 Å². The van der Waals surface area contributed by atoms with Gasteiger partial charge in [0.25, 0.3) is 16.7 Å². The number of ether oxygens (including phenoxy) is 4. The first-order valence-corrected chi connectivity index (χ1v) is 34.9. The molecule has 6 heterocycles. The summed E-state index contributed by atoms with van der Waals surface area (Å²) in [6, 6.07) is 52.7. The van der Waals surface area contributed by atoms with Gasteiger partial charge in [-0.05, 0) is 162 Å². The molecule has 3 N–H and O–H groups in total. The zero-order chi connectivity index (χ0) is 74.8. The van der Waals surface area contributed by atoms with E-state index in [9.17, 15) is 57.3 Å². The van der Waals surface area contributed by atoms with Crippen LogP contribution in [0, 0.1) is 17.5 Å². The van der Waals surface area contributed by atoms with Gasteiger partial charge < -0.3 is 61.2 Å². The van der Waals surface area contributed by atoms with Crippen LogP contribution >= 0.6 is 58.5 Å². The Morgan fingerprint density at radius 2 is 0.736 bits per heavy atom. The number of pyridine rings is 3. The van der Waals surface area contributed by atoms with Gasteiger partial charge in [0.05, 0.1) is 69.5 Å². The summed E-state index contributed by atoms with van der Waals surface area (Å²) >= 11 is 14.8. The van der Waals surface area contributed by atoms with Gasteiger partial charge in [-0.2, -0.15) is 0 Å². The van der Waals surface area contributed by atoms with E-state index in [2.05, 4.69) is 0 Å². The number of benzene rings is 9. The van der Waals surface area contributed by atoms with Crippen LogP contribution in [0.25, 0.3) is 65.6 Å². The quantitative estimate of drug-likeness (QED) is 0.0760. The van der Waals surface area contributed by atoms with Crippen LogP contribution in [-0.2, 0) is 19.6 Å². The highest BCUT2D eigenvalue weighted by molar-refractivity contribution is 8.00. The molecule has 15 aromatic rings. The molecule has 0 amide bonds. The first-order valence-electron chi connectivity index (χ1n) is 31.7. The molecule has 0 atom stereocenters. The second kappa shape index (κ2) is 30.9. The van der Waals surface area contributed by atoms with Crippen LogP contribution in [0.1, 0.15) is 16.7 Å². The van der Waals surface area contributed by atoms with E-state index in [-0.39, 0.29) is 67.2 Å².